The number of hydrogen-bond acceptors (Lipinski definition) is 7. The van der Waals surface area contributed by atoms with Crippen molar-refractivity contribution in [1.29, 1.82) is 0 Å². The molecule has 1 aliphatic rings. The Balaban J connectivity index is 2.60. The van der Waals surface area contributed by atoms with Crippen LogP contribution in [0.25, 0.3) is 0 Å². The minimum atomic E-state index is -1.42. The summed E-state index contributed by atoms with van der Waals surface area (Å²) in [5.41, 5.74) is 5.79. The lowest BCUT2D eigenvalue weighted by atomic mass is 9.94. The Hall–Kier alpha value is -1.26. The second-order valence-corrected chi connectivity index (χ2v) is 14.5. The summed E-state index contributed by atoms with van der Waals surface area (Å²) in [4.78, 5) is 27.9. The Morgan fingerprint density at radius 2 is 1.06 bits per heavy atom. The molecular weight excluding hydrogens is 606 g/mol. The van der Waals surface area contributed by atoms with Crippen molar-refractivity contribution in [3.05, 3.63) is 0 Å². The molecule has 0 aromatic rings. The number of nitrogens with one attached hydrogen (secondary N) is 1. The Labute approximate surface area is 294 Å². The van der Waals surface area contributed by atoms with Gasteiger partial charge in [0.2, 0.25) is 11.8 Å². The topological polar surface area (TPSA) is 145 Å². The van der Waals surface area contributed by atoms with Gasteiger partial charge in [-0.25, -0.2) is 0 Å². The highest BCUT2D eigenvalue weighted by molar-refractivity contribution is 5.81. The molecule has 0 aliphatic carbocycles. The van der Waals surface area contributed by atoms with Crippen LogP contribution in [0.4, 0.5) is 0 Å². The third kappa shape index (κ3) is 19.8. The van der Waals surface area contributed by atoms with Crippen LogP contribution in [0, 0.1) is 0 Å². The van der Waals surface area contributed by atoms with Crippen LogP contribution in [-0.2, 0) is 14.3 Å². The number of carbonyl (C=O) groups excluding carboxylic acids is 2. The molecule has 9 nitrogen and oxygen atoms in total. The number of aliphatic hydroxyl groups is 3. The summed E-state index contributed by atoms with van der Waals surface area (Å²) in [7, 11) is 0. The minimum Gasteiger partial charge on any atom is -0.394 e. The van der Waals surface area contributed by atoms with Gasteiger partial charge in [-0.3, -0.25) is 9.59 Å². The maximum atomic E-state index is 13.7. The Morgan fingerprint density at radius 3 is 1.46 bits per heavy atom. The summed E-state index contributed by atoms with van der Waals surface area (Å²) in [6, 6.07) is -1.90. The maximum Gasteiger partial charge on any atom is 0.237 e. The average Bonchev–Trinajstić information content (AvgIpc) is 3.07. The number of carbonyl (C=O) groups is 2. The van der Waals surface area contributed by atoms with E-state index in [1.807, 2.05) is 0 Å². The number of nitrogens with two attached hydrogens (primary N) is 1. The first kappa shape index (κ1) is 44.8. The van der Waals surface area contributed by atoms with Crippen LogP contribution >= 0.6 is 0 Å². The molecular formula is C39H77N3O6. The predicted octanol–water partition coefficient (Wildman–Crippen LogP) is 7.27. The average molecular weight is 684 g/mol. The number of rotatable bonds is 31. The summed E-state index contributed by atoms with van der Waals surface area (Å²) in [6.45, 7) is 5.94. The summed E-state index contributed by atoms with van der Waals surface area (Å²) < 4.78 is 6.06. The summed E-state index contributed by atoms with van der Waals surface area (Å²) in [6.07, 6.45) is 25.9. The molecule has 0 bridgehead atoms. The van der Waals surface area contributed by atoms with Gasteiger partial charge in [0.05, 0.1) is 12.6 Å². The van der Waals surface area contributed by atoms with Crippen LogP contribution in [0.3, 0.4) is 0 Å². The second-order valence-electron chi connectivity index (χ2n) is 14.5. The van der Waals surface area contributed by atoms with Gasteiger partial charge in [0.1, 0.15) is 24.4 Å². The molecule has 2 amide bonds. The third-order valence-electron chi connectivity index (χ3n) is 10.00. The van der Waals surface area contributed by atoms with Crippen molar-refractivity contribution in [2.45, 2.75) is 224 Å². The second kappa shape index (κ2) is 29.5. The van der Waals surface area contributed by atoms with E-state index >= 15 is 0 Å². The van der Waals surface area contributed by atoms with E-state index in [2.05, 4.69) is 19.2 Å². The number of aliphatic hydroxyl groups excluding tert-OH is 3. The molecule has 0 unspecified atom stereocenters. The molecule has 0 spiro atoms. The van der Waals surface area contributed by atoms with Gasteiger partial charge in [0.15, 0.2) is 6.23 Å². The fraction of sp³-hybridized carbons (Fsp3) is 0.949. The molecule has 0 aromatic carbocycles. The number of hydrogen-bond donors (Lipinski definition) is 5. The molecule has 6 N–H and O–H groups in total. The minimum absolute atomic E-state index is 0.0933. The van der Waals surface area contributed by atoms with E-state index < -0.39 is 49.1 Å². The van der Waals surface area contributed by atoms with Crippen molar-refractivity contribution in [2.75, 3.05) is 13.2 Å². The maximum absolute atomic E-state index is 13.7. The first-order chi connectivity index (χ1) is 23.3. The molecule has 284 valence electrons. The molecule has 48 heavy (non-hydrogen) atoms. The van der Waals surface area contributed by atoms with Gasteiger partial charge < -0.3 is 36.0 Å². The molecule has 1 aliphatic heterocycles. The Kier molecular flexibility index (Phi) is 27.5. The summed E-state index contributed by atoms with van der Waals surface area (Å²) >= 11 is 0. The normalized spacial score (nSPS) is 21.7. The molecule has 1 heterocycles. The lowest BCUT2D eigenvalue weighted by Gasteiger charge is -2.47. The highest BCUT2D eigenvalue weighted by atomic mass is 16.5. The van der Waals surface area contributed by atoms with Crippen LogP contribution in [0.15, 0.2) is 0 Å². The monoisotopic (exact) mass is 684 g/mol. The van der Waals surface area contributed by atoms with Gasteiger partial charge in [-0.05, 0) is 19.8 Å². The zero-order valence-electron chi connectivity index (χ0n) is 31.4. The van der Waals surface area contributed by atoms with Gasteiger partial charge in [0.25, 0.3) is 0 Å². The van der Waals surface area contributed by atoms with E-state index in [4.69, 9.17) is 10.5 Å². The first-order valence-corrected chi connectivity index (χ1v) is 20.3. The zero-order chi connectivity index (χ0) is 35.4. The fourth-order valence-electron chi connectivity index (χ4n) is 6.77. The van der Waals surface area contributed by atoms with E-state index in [1.54, 1.807) is 4.90 Å². The van der Waals surface area contributed by atoms with Crippen LogP contribution in [0.5, 0.6) is 0 Å². The molecule has 0 radical (unpaired) electrons. The first-order valence-electron chi connectivity index (χ1n) is 20.3. The number of unbranched alkanes of at least 4 members (excludes halogenated alkanes) is 23. The Bertz CT molecular complexity index is 785. The lowest BCUT2D eigenvalue weighted by Crippen LogP contribution is -2.69. The van der Waals surface area contributed by atoms with Crippen molar-refractivity contribution in [3.63, 3.8) is 0 Å². The van der Waals surface area contributed by atoms with Crippen LogP contribution in [0.2, 0.25) is 0 Å². The predicted molar refractivity (Wildman–Crippen MR) is 196 cm³/mol. The molecule has 6 atom stereocenters. The Morgan fingerprint density at radius 1 is 0.667 bits per heavy atom. The van der Waals surface area contributed by atoms with Gasteiger partial charge >= 0.3 is 0 Å². The van der Waals surface area contributed by atoms with Gasteiger partial charge in [-0.2, -0.15) is 0 Å². The number of amides is 2. The van der Waals surface area contributed by atoms with E-state index in [0.717, 1.165) is 38.5 Å². The van der Waals surface area contributed by atoms with Gasteiger partial charge in [-0.15, -0.1) is 0 Å². The molecule has 9 heteroatoms. The SMILES string of the molecule is CCCCCCCCCCCCCCCCCCN(C(=O)CCCCCCCCCCC)[C@@H]1O[C@H](CO)[C@@H](O)[C@H](O)[C@H]1NC(=O)[C@@H](C)N. The van der Waals surface area contributed by atoms with Crippen molar-refractivity contribution in [3.8, 4) is 0 Å². The van der Waals surface area contributed by atoms with Crippen molar-refractivity contribution >= 4 is 11.8 Å². The molecule has 0 aromatic heterocycles. The highest BCUT2D eigenvalue weighted by Gasteiger charge is 2.48. The fourth-order valence-corrected chi connectivity index (χ4v) is 6.77. The largest absolute Gasteiger partial charge is 0.394 e. The van der Waals surface area contributed by atoms with Gasteiger partial charge in [-0.1, -0.05) is 162 Å². The van der Waals surface area contributed by atoms with Crippen LogP contribution < -0.4 is 11.1 Å². The van der Waals surface area contributed by atoms with E-state index in [9.17, 15) is 24.9 Å². The third-order valence-corrected chi connectivity index (χ3v) is 10.00. The van der Waals surface area contributed by atoms with Crippen molar-refractivity contribution < 1.29 is 29.6 Å². The van der Waals surface area contributed by atoms with E-state index in [1.165, 1.54) is 129 Å². The highest BCUT2D eigenvalue weighted by Crippen LogP contribution is 2.26. The van der Waals surface area contributed by atoms with Gasteiger partial charge in [0, 0.05) is 13.0 Å². The van der Waals surface area contributed by atoms with Crippen LogP contribution in [0.1, 0.15) is 188 Å². The summed E-state index contributed by atoms with van der Waals surface area (Å²) in [5.74, 6) is -0.597. The zero-order valence-corrected chi connectivity index (χ0v) is 31.4. The standard InChI is InChI=1S/C39H77N3O6/c1-4-6-8-10-12-14-15-16-17-18-19-20-22-24-26-28-30-42(34(44)29-27-25-23-21-13-11-9-7-5-2)39-35(41-38(47)32(3)40)37(46)36(45)33(31-43)48-39/h32-33,35-37,39,43,45-46H,4-31,40H2,1-3H3,(H,41,47)/t32-,33-,35-,36-,37-,39-/m1/s1. The molecule has 1 fully saturated rings. The van der Waals surface area contributed by atoms with E-state index in [0.29, 0.717) is 13.0 Å². The lowest BCUT2D eigenvalue weighted by molar-refractivity contribution is -0.231. The number of ether oxygens (including phenoxy) is 1. The van der Waals surface area contributed by atoms with Crippen LogP contribution in [-0.4, -0.2) is 81.8 Å². The number of nitrogens with zero attached hydrogens (tertiary/aromatic N) is 1. The van der Waals surface area contributed by atoms with E-state index in [-0.39, 0.29) is 5.91 Å². The molecule has 1 rings (SSSR count). The van der Waals surface area contributed by atoms with Crippen molar-refractivity contribution in [1.82, 2.24) is 10.2 Å². The molecule has 1 saturated heterocycles. The van der Waals surface area contributed by atoms with Crippen molar-refractivity contribution in [2.24, 2.45) is 5.73 Å². The quantitative estimate of drug-likeness (QED) is 0.0483. The summed E-state index contributed by atoms with van der Waals surface area (Å²) in [5, 5.41) is 34.2. The molecule has 0 saturated carbocycles. The smallest absolute Gasteiger partial charge is 0.237 e.